The number of fused-ring (bicyclic) bond motifs is 3. The number of hydrogen-bond acceptors (Lipinski definition) is 4. The molecule has 3 fully saturated rings. The number of aromatic hydroxyl groups is 1. The van der Waals surface area contributed by atoms with Gasteiger partial charge in [0.25, 0.3) is 5.91 Å². The summed E-state index contributed by atoms with van der Waals surface area (Å²) in [6.07, 6.45) is 9.68. The van der Waals surface area contributed by atoms with E-state index in [1.165, 1.54) is 36.8 Å². The normalized spacial score (nSPS) is 23.1. The summed E-state index contributed by atoms with van der Waals surface area (Å²) in [5.74, 6) is 1.22. The fourth-order valence-electron chi connectivity index (χ4n) is 9.08. The maximum atomic E-state index is 13.7. The Morgan fingerprint density at radius 2 is 1.53 bits per heavy atom. The van der Waals surface area contributed by atoms with E-state index >= 15 is 0 Å². The Bertz CT molecular complexity index is 1660. The van der Waals surface area contributed by atoms with Crippen LogP contribution in [-0.4, -0.2) is 62.1 Å². The van der Waals surface area contributed by atoms with E-state index in [0.717, 1.165) is 61.1 Å². The van der Waals surface area contributed by atoms with E-state index in [2.05, 4.69) is 84.8 Å². The average Bonchev–Trinajstić information content (AvgIpc) is 3.53. The molecule has 0 aliphatic carbocycles. The number of aromatic nitrogens is 2. The third-order valence-electron chi connectivity index (χ3n) is 11.5. The largest absolute Gasteiger partial charge is 0.507 e. The number of imidazole rings is 1. The summed E-state index contributed by atoms with van der Waals surface area (Å²) in [5, 5.41) is 10.8. The molecule has 2 bridgehead atoms. The molecule has 1 N–H and O–H groups in total. The number of phenols is 1. The first kappa shape index (κ1) is 30.0. The zero-order chi connectivity index (χ0) is 31.1. The first-order chi connectivity index (χ1) is 21.9. The first-order valence-corrected chi connectivity index (χ1v) is 17.3. The maximum Gasteiger partial charge on any atom is 0.257 e. The van der Waals surface area contributed by atoms with E-state index in [1.807, 2.05) is 11.0 Å². The molecule has 45 heavy (non-hydrogen) atoms. The highest BCUT2D eigenvalue weighted by Crippen LogP contribution is 2.45. The number of hydrogen-bond donors (Lipinski definition) is 1. The van der Waals surface area contributed by atoms with E-state index in [-0.39, 0.29) is 17.1 Å². The zero-order valence-electron chi connectivity index (χ0n) is 27.2. The van der Waals surface area contributed by atoms with Crippen LogP contribution in [0, 0.1) is 6.92 Å². The predicted molar refractivity (Wildman–Crippen MR) is 181 cm³/mol. The molecule has 1 amide bonds. The number of para-hydroxylation sites is 2. The number of piperidine rings is 2. The molecule has 236 valence electrons. The van der Waals surface area contributed by atoms with Crippen LogP contribution in [0.1, 0.15) is 97.7 Å². The van der Waals surface area contributed by atoms with Crippen molar-refractivity contribution in [2.75, 3.05) is 19.6 Å². The fraction of sp³-hybridized carbons (Fsp3) is 0.487. The Morgan fingerprint density at radius 3 is 2.22 bits per heavy atom. The van der Waals surface area contributed by atoms with Crippen molar-refractivity contribution in [2.45, 2.75) is 102 Å². The molecule has 3 aliphatic heterocycles. The first-order valence-electron chi connectivity index (χ1n) is 17.3. The van der Waals surface area contributed by atoms with Gasteiger partial charge < -0.3 is 14.6 Å². The van der Waals surface area contributed by atoms with Crippen LogP contribution in [0.2, 0.25) is 0 Å². The van der Waals surface area contributed by atoms with Gasteiger partial charge in [0.2, 0.25) is 0 Å². The van der Waals surface area contributed by atoms with E-state index in [4.69, 9.17) is 4.98 Å². The molecular weight excluding hydrogens is 556 g/mol. The van der Waals surface area contributed by atoms with E-state index < -0.39 is 0 Å². The van der Waals surface area contributed by atoms with Crippen molar-refractivity contribution in [3.05, 3.63) is 94.8 Å². The lowest BCUT2D eigenvalue weighted by Gasteiger charge is -2.45. The lowest BCUT2D eigenvalue weighted by Crippen LogP contribution is -2.49. The van der Waals surface area contributed by atoms with Gasteiger partial charge in [0, 0.05) is 31.2 Å². The lowest BCUT2D eigenvalue weighted by molar-refractivity contribution is 0.0604. The van der Waals surface area contributed by atoms with Crippen LogP contribution < -0.4 is 0 Å². The summed E-state index contributed by atoms with van der Waals surface area (Å²) < 4.78 is 2.52. The molecule has 0 radical (unpaired) electrons. The summed E-state index contributed by atoms with van der Waals surface area (Å²) in [7, 11) is 0. The van der Waals surface area contributed by atoms with Crippen LogP contribution in [0.25, 0.3) is 11.0 Å². The topological polar surface area (TPSA) is 61.6 Å². The second-order valence-electron chi connectivity index (χ2n) is 13.8. The molecule has 6 nitrogen and oxygen atoms in total. The molecular formula is C39H48N4O2. The molecule has 1 aromatic heterocycles. The number of carbonyl (C=O) groups is 1. The van der Waals surface area contributed by atoms with Crippen molar-refractivity contribution in [3.8, 4) is 5.75 Å². The number of benzene rings is 3. The van der Waals surface area contributed by atoms with Gasteiger partial charge in [-0.25, -0.2) is 4.98 Å². The Kier molecular flexibility index (Phi) is 8.20. The van der Waals surface area contributed by atoms with Crippen LogP contribution >= 0.6 is 0 Å². The quantitative estimate of drug-likeness (QED) is 0.225. The van der Waals surface area contributed by atoms with Crippen molar-refractivity contribution >= 4 is 16.9 Å². The van der Waals surface area contributed by atoms with Gasteiger partial charge in [-0.1, -0.05) is 56.3 Å². The Balaban J connectivity index is 1.06. The lowest BCUT2D eigenvalue weighted by atomic mass is 9.70. The second-order valence-corrected chi connectivity index (χ2v) is 13.8. The zero-order valence-corrected chi connectivity index (χ0v) is 27.2. The number of phenolic OH excluding ortho intramolecular Hbond substituents is 1. The van der Waals surface area contributed by atoms with Gasteiger partial charge in [-0.3, -0.25) is 9.69 Å². The minimum Gasteiger partial charge on any atom is -0.507 e. The molecule has 0 saturated carbocycles. The molecule has 3 saturated heterocycles. The van der Waals surface area contributed by atoms with Crippen LogP contribution in [0.3, 0.4) is 0 Å². The van der Waals surface area contributed by atoms with Crippen LogP contribution in [-0.2, 0) is 18.3 Å². The maximum absolute atomic E-state index is 13.7. The molecule has 0 spiro atoms. The standard InChI is InChI=1S/C39H48N4O2/c1-4-28-23-34(37(44)24-29(28)5-2)38(45)41-20-17-39(18-21-41,30-11-7-6-8-12-30)19-22-42-31-15-16-32(42)26-33(25-31)43-27(3)40-35-13-9-10-14-36(35)43/h6-14,23-24,31-33,44H,4-5,15-22,25-26H2,1-3H3. The van der Waals surface area contributed by atoms with Crippen molar-refractivity contribution in [1.29, 1.82) is 0 Å². The Hall–Kier alpha value is -3.64. The van der Waals surface area contributed by atoms with E-state index in [1.54, 1.807) is 6.07 Å². The molecule has 7 rings (SSSR count). The minimum absolute atomic E-state index is 0.0334. The van der Waals surface area contributed by atoms with Gasteiger partial charge in [-0.15, -0.1) is 0 Å². The number of carbonyl (C=O) groups excluding carboxylic acids is 1. The van der Waals surface area contributed by atoms with Gasteiger partial charge in [-0.05, 0) is 118 Å². The van der Waals surface area contributed by atoms with Gasteiger partial charge in [0.1, 0.15) is 11.6 Å². The number of nitrogens with zero attached hydrogens (tertiary/aromatic N) is 4. The molecule has 3 aliphatic rings. The monoisotopic (exact) mass is 604 g/mol. The highest BCUT2D eigenvalue weighted by atomic mass is 16.3. The van der Waals surface area contributed by atoms with Crippen LogP contribution in [0.15, 0.2) is 66.7 Å². The number of amides is 1. The minimum atomic E-state index is -0.0334. The molecule has 2 atom stereocenters. The number of likely N-dealkylation sites (tertiary alicyclic amines) is 1. The average molecular weight is 605 g/mol. The van der Waals surface area contributed by atoms with Crippen molar-refractivity contribution in [3.63, 3.8) is 0 Å². The molecule has 6 heteroatoms. The molecule has 3 aromatic carbocycles. The smallest absolute Gasteiger partial charge is 0.257 e. The Labute approximate surface area is 268 Å². The van der Waals surface area contributed by atoms with Crippen molar-refractivity contribution in [2.24, 2.45) is 0 Å². The summed E-state index contributed by atoms with van der Waals surface area (Å²) in [4.78, 5) is 23.4. The predicted octanol–water partition coefficient (Wildman–Crippen LogP) is 7.61. The third kappa shape index (κ3) is 5.45. The van der Waals surface area contributed by atoms with Gasteiger partial charge in [0.15, 0.2) is 0 Å². The summed E-state index contributed by atoms with van der Waals surface area (Å²) in [5.41, 5.74) is 6.58. The number of aryl methyl sites for hydroxylation is 3. The van der Waals surface area contributed by atoms with Crippen LogP contribution in [0.4, 0.5) is 0 Å². The second kappa shape index (κ2) is 12.3. The summed E-state index contributed by atoms with van der Waals surface area (Å²) in [6, 6.07) is 25.1. The highest BCUT2D eigenvalue weighted by molar-refractivity contribution is 5.97. The third-order valence-corrected chi connectivity index (χ3v) is 11.5. The number of rotatable bonds is 8. The highest BCUT2D eigenvalue weighted by Gasteiger charge is 2.44. The van der Waals surface area contributed by atoms with Gasteiger partial charge in [0.05, 0.1) is 16.6 Å². The van der Waals surface area contributed by atoms with Crippen molar-refractivity contribution in [1.82, 2.24) is 19.4 Å². The van der Waals surface area contributed by atoms with Crippen molar-refractivity contribution < 1.29 is 9.90 Å². The van der Waals surface area contributed by atoms with Gasteiger partial charge >= 0.3 is 0 Å². The SMILES string of the molecule is CCc1cc(O)c(C(=O)N2CCC(CCN3C4CCC3CC(n3c(C)nc5ccccc53)C4)(c3ccccc3)CC2)cc1CC. The van der Waals surface area contributed by atoms with Crippen LogP contribution in [0.5, 0.6) is 5.75 Å². The molecule has 4 aromatic rings. The Morgan fingerprint density at radius 1 is 0.889 bits per heavy atom. The van der Waals surface area contributed by atoms with E-state index in [9.17, 15) is 9.90 Å². The fourth-order valence-corrected chi connectivity index (χ4v) is 9.08. The summed E-state index contributed by atoms with van der Waals surface area (Å²) in [6.45, 7) is 8.91. The van der Waals surface area contributed by atoms with E-state index in [0.29, 0.717) is 36.8 Å². The molecule has 2 unspecified atom stereocenters. The van der Waals surface area contributed by atoms with Gasteiger partial charge in [-0.2, -0.15) is 0 Å². The molecule has 4 heterocycles. The summed E-state index contributed by atoms with van der Waals surface area (Å²) >= 11 is 0.